The number of nitrogens with zero attached hydrogens (tertiary/aromatic N) is 1. The third-order valence-corrected chi connectivity index (χ3v) is 2.57. The van der Waals surface area contributed by atoms with Crippen LogP contribution >= 0.6 is 0 Å². The van der Waals surface area contributed by atoms with Gasteiger partial charge in [0, 0.05) is 17.3 Å². The number of nitrogen functional groups attached to an aromatic ring is 1. The topological polar surface area (TPSA) is 58.4 Å². The van der Waals surface area contributed by atoms with Gasteiger partial charge in [0.15, 0.2) is 0 Å². The van der Waals surface area contributed by atoms with Crippen molar-refractivity contribution in [3.05, 3.63) is 29.6 Å². The maximum atomic E-state index is 13.1. The van der Waals surface area contributed by atoms with Gasteiger partial charge in [0.25, 0.3) is 5.91 Å². The molecule has 0 aromatic heterocycles. The van der Waals surface area contributed by atoms with Crippen LogP contribution in [0.1, 0.15) is 23.7 Å². The van der Waals surface area contributed by atoms with Crippen molar-refractivity contribution in [1.82, 2.24) is 10.2 Å². The van der Waals surface area contributed by atoms with Gasteiger partial charge >= 0.3 is 0 Å². The number of carbonyl (C=O) groups is 1. The Morgan fingerprint density at radius 2 is 2.11 bits per heavy atom. The Kier molecular flexibility index (Phi) is 5.09. The van der Waals surface area contributed by atoms with E-state index in [-0.39, 0.29) is 23.2 Å². The highest BCUT2D eigenvalue weighted by atomic mass is 19.1. The number of anilines is 1. The molecule has 1 unspecified atom stereocenters. The van der Waals surface area contributed by atoms with Crippen LogP contribution in [0.4, 0.5) is 10.1 Å². The molecule has 0 radical (unpaired) electrons. The van der Waals surface area contributed by atoms with Crippen molar-refractivity contribution in [2.45, 2.75) is 19.4 Å². The third-order valence-electron chi connectivity index (χ3n) is 2.57. The molecule has 1 aromatic carbocycles. The number of nitrogens with one attached hydrogen (secondary N) is 1. The molecule has 0 heterocycles. The van der Waals surface area contributed by atoms with Crippen molar-refractivity contribution in [2.75, 3.05) is 26.4 Å². The van der Waals surface area contributed by atoms with Crippen molar-refractivity contribution in [2.24, 2.45) is 0 Å². The van der Waals surface area contributed by atoms with Crippen LogP contribution in [-0.4, -0.2) is 37.5 Å². The minimum absolute atomic E-state index is 0.0318. The molecule has 0 saturated heterocycles. The summed E-state index contributed by atoms with van der Waals surface area (Å²) in [4.78, 5) is 13.9. The van der Waals surface area contributed by atoms with Crippen LogP contribution in [0.2, 0.25) is 0 Å². The van der Waals surface area contributed by atoms with E-state index >= 15 is 0 Å². The second-order valence-corrected chi connectivity index (χ2v) is 4.74. The van der Waals surface area contributed by atoms with Gasteiger partial charge in [-0.25, -0.2) is 4.39 Å². The monoisotopic (exact) mass is 253 g/mol. The van der Waals surface area contributed by atoms with E-state index in [1.807, 2.05) is 25.9 Å². The average Bonchev–Trinajstić information content (AvgIpc) is 2.25. The van der Waals surface area contributed by atoms with Crippen molar-refractivity contribution in [3.63, 3.8) is 0 Å². The van der Waals surface area contributed by atoms with E-state index in [9.17, 15) is 9.18 Å². The fraction of sp³-hybridized carbons (Fsp3) is 0.462. The van der Waals surface area contributed by atoms with Gasteiger partial charge in [-0.05, 0) is 52.2 Å². The largest absolute Gasteiger partial charge is 0.399 e. The Balaban J connectivity index is 2.59. The summed E-state index contributed by atoms with van der Waals surface area (Å²) in [5.74, 6) is -0.798. The molecule has 0 aliphatic rings. The summed E-state index contributed by atoms with van der Waals surface area (Å²) in [7, 11) is 3.95. The van der Waals surface area contributed by atoms with Crippen LogP contribution in [0.25, 0.3) is 0 Å². The van der Waals surface area contributed by atoms with E-state index in [0.717, 1.165) is 13.0 Å². The van der Waals surface area contributed by atoms with Crippen LogP contribution in [0.3, 0.4) is 0 Å². The van der Waals surface area contributed by atoms with Gasteiger partial charge < -0.3 is 16.0 Å². The number of halogens is 1. The van der Waals surface area contributed by atoms with Gasteiger partial charge in [0.05, 0.1) is 0 Å². The predicted molar refractivity (Wildman–Crippen MR) is 70.9 cm³/mol. The normalized spacial score (nSPS) is 12.5. The minimum atomic E-state index is -0.499. The summed E-state index contributed by atoms with van der Waals surface area (Å²) in [6.07, 6.45) is 0.837. The zero-order chi connectivity index (χ0) is 13.7. The molecule has 0 bridgehead atoms. The van der Waals surface area contributed by atoms with Crippen LogP contribution < -0.4 is 11.1 Å². The molecule has 4 nitrogen and oxygen atoms in total. The summed E-state index contributed by atoms with van der Waals surface area (Å²) in [6.45, 7) is 2.80. The molecule has 1 atom stereocenters. The fourth-order valence-corrected chi connectivity index (χ4v) is 1.57. The molecule has 18 heavy (non-hydrogen) atoms. The number of carbonyl (C=O) groups excluding carboxylic acids is 1. The molecule has 0 aliphatic carbocycles. The molecule has 0 saturated carbocycles. The maximum Gasteiger partial charge on any atom is 0.251 e. The Morgan fingerprint density at radius 3 is 2.67 bits per heavy atom. The second kappa shape index (κ2) is 6.35. The lowest BCUT2D eigenvalue weighted by molar-refractivity contribution is 0.0936. The van der Waals surface area contributed by atoms with Crippen molar-refractivity contribution >= 4 is 11.6 Å². The smallest absolute Gasteiger partial charge is 0.251 e. The Bertz CT molecular complexity index is 400. The summed E-state index contributed by atoms with van der Waals surface area (Å²) in [5, 5.41) is 2.82. The first-order chi connectivity index (χ1) is 8.38. The number of benzene rings is 1. The predicted octanol–water partition coefficient (Wildman–Crippen LogP) is 1.48. The number of hydrogen-bond acceptors (Lipinski definition) is 3. The van der Waals surface area contributed by atoms with Crippen molar-refractivity contribution in [1.29, 1.82) is 0 Å². The maximum absolute atomic E-state index is 13.1. The number of rotatable bonds is 5. The first-order valence-electron chi connectivity index (χ1n) is 5.90. The lowest BCUT2D eigenvalue weighted by Crippen LogP contribution is -2.34. The standard InChI is InChI=1S/C13H20FN3O/c1-9(4-5-17(2)3)16-13(18)10-6-11(14)8-12(15)7-10/h6-9H,4-5,15H2,1-3H3,(H,16,18). The molecule has 1 aromatic rings. The molecule has 100 valence electrons. The van der Waals surface area contributed by atoms with Crippen molar-refractivity contribution in [3.8, 4) is 0 Å². The molecule has 0 fully saturated rings. The number of hydrogen-bond donors (Lipinski definition) is 2. The minimum Gasteiger partial charge on any atom is -0.399 e. The first-order valence-corrected chi connectivity index (χ1v) is 5.90. The molecule has 0 spiro atoms. The molecular formula is C13H20FN3O. The fourth-order valence-electron chi connectivity index (χ4n) is 1.57. The van der Waals surface area contributed by atoms with Gasteiger partial charge in [-0.2, -0.15) is 0 Å². The highest BCUT2D eigenvalue weighted by Gasteiger charge is 2.11. The zero-order valence-corrected chi connectivity index (χ0v) is 11.0. The Hall–Kier alpha value is -1.62. The molecular weight excluding hydrogens is 233 g/mol. The molecule has 1 rings (SSSR count). The second-order valence-electron chi connectivity index (χ2n) is 4.74. The van der Waals surface area contributed by atoms with E-state index in [1.54, 1.807) is 0 Å². The van der Waals surface area contributed by atoms with Gasteiger partial charge in [-0.3, -0.25) is 4.79 Å². The molecule has 5 heteroatoms. The highest BCUT2D eigenvalue weighted by Crippen LogP contribution is 2.11. The Labute approximate surface area is 107 Å². The summed E-state index contributed by atoms with van der Waals surface area (Å²) in [5.41, 5.74) is 6.00. The van der Waals surface area contributed by atoms with Crippen LogP contribution in [0.15, 0.2) is 18.2 Å². The summed E-state index contributed by atoms with van der Waals surface area (Å²) in [6, 6.07) is 3.87. The van der Waals surface area contributed by atoms with E-state index in [0.29, 0.717) is 0 Å². The lowest BCUT2D eigenvalue weighted by Gasteiger charge is -2.16. The van der Waals surface area contributed by atoms with Crippen LogP contribution in [0, 0.1) is 5.82 Å². The lowest BCUT2D eigenvalue weighted by atomic mass is 10.1. The number of nitrogens with two attached hydrogens (primary N) is 1. The number of amides is 1. The quantitative estimate of drug-likeness (QED) is 0.781. The average molecular weight is 253 g/mol. The van der Waals surface area contributed by atoms with Gasteiger partial charge in [-0.1, -0.05) is 0 Å². The van der Waals surface area contributed by atoms with E-state index < -0.39 is 5.82 Å². The van der Waals surface area contributed by atoms with Gasteiger partial charge in [0.2, 0.25) is 0 Å². The zero-order valence-electron chi connectivity index (χ0n) is 11.0. The van der Waals surface area contributed by atoms with Gasteiger partial charge in [-0.15, -0.1) is 0 Å². The third kappa shape index (κ3) is 4.71. The molecule has 0 aliphatic heterocycles. The molecule has 1 amide bonds. The van der Waals surface area contributed by atoms with E-state index in [2.05, 4.69) is 5.32 Å². The van der Waals surface area contributed by atoms with E-state index in [4.69, 9.17) is 5.73 Å². The Morgan fingerprint density at radius 1 is 1.44 bits per heavy atom. The van der Waals surface area contributed by atoms with E-state index in [1.165, 1.54) is 18.2 Å². The van der Waals surface area contributed by atoms with Gasteiger partial charge in [0.1, 0.15) is 5.82 Å². The summed E-state index contributed by atoms with van der Waals surface area (Å²) >= 11 is 0. The SMILES string of the molecule is CC(CCN(C)C)NC(=O)c1cc(N)cc(F)c1. The molecule has 3 N–H and O–H groups in total. The summed E-state index contributed by atoms with van der Waals surface area (Å²) < 4.78 is 13.1. The highest BCUT2D eigenvalue weighted by molar-refractivity contribution is 5.95. The van der Waals surface area contributed by atoms with Crippen LogP contribution in [-0.2, 0) is 0 Å². The first kappa shape index (κ1) is 14.4. The van der Waals surface area contributed by atoms with Crippen molar-refractivity contribution < 1.29 is 9.18 Å². The van der Waals surface area contributed by atoms with Crippen LogP contribution in [0.5, 0.6) is 0 Å².